The second-order valence-electron chi connectivity index (χ2n) is 12.5. The molecule has 4 aromatic carbocycles. The van der Waals surface area contributed by atoms with Crippen molar-refractivity contribution < 1.29 is 33.7 Å². The van der Waals surface area contributed by atoms with E-state index in [0.717, 1.165) is 35.1 Å². The summed E-state index contributed by atoms with van der Waals surface area (Å²) in [7, 11) is -19.6. The van der Waals surface area contributed by atoms with Crippen LogP contribution in [0.4, 0.5) is 0 Å². The van der Waals surface area contributed by atoms with Gasteiger partial charge in [0.25, 0.3) is 40.1 Å². The molecule has 1 atom stereocenters. The van der Waals surface area contributed by atoms with Gasteiger partial charge in [0.2, 0.25) is 0 Å². The molecule has 1 unspecified atom stereocenters. The standard InChI is InChI=1S/C36H44N2O8S4/c1-6-7-8-9-10-32(38(49(43,44)35-23-15-30(4)16-24-35)50(45,46)36-25-17-31(5)18-26-36)27-37(47(39,40)33-19-11-28(2)12-20-33)48(41,42)34-21-13-29(3)14-22-34/h11-26,32H,6-10,27H2,1-5H3. The molecule has 0 aromatic heterocycles. The van der Waals surface area contributed by atoms with E-state index in [1.807, 2.05) is 6.92 Å². The topological polar surface area (TPSA) is 143 Å². The van der Waals surface area contributed by atoms with E-state index in [1.54, 1.807) is 27.7 Å². The van der Waals surface area contributed by atoms with Gasteiger partial charge in [-0.3, -0.25) is 0 Å². The maximum Gasteiger partial charge on any atom is 0.256 e. The fourth-order valence-electron chi connectivity index (χ4n) is 5.37. The second-order valence-corrected chi connectivity index (χ2v) is 20.3. The Morgan fingerprint density at radius 2 is 0.740 bits per heavy atom. The predicted octanol–water partition coefficient (Wildman–Crippen LogP) is 6.72. The van der Waals surface area contributed by atoms with Gasteiger partial charge in [0.05, 0.1) is 25.6 Å². The number of hydrogen-bond acceptors (Lipinski definition) is 8. The quantitative estimate of drug-likeness (QED) is 0.115. The molecule has 0 heterocycles. The van der Waals surface area contributed by atoms with Gasteiger partial charge in [0, 0.05) is 6.54 Å². The Labute approximate surface area is 298 Å². The number of nitrogens with zero attached hydrogens (tertiary/aromatic N) is 2. The van der Waals surface area contributed by atoms with Crippen molar-refractivity contribution in [3.8, 4) is 0 Å². The highest BCUT2D eigenvalue weighted by Gasteiger charge is 2.46. The first-order valence-corrected chi connectivity index (χ1v) is 22.0. The Bertz CT molecular complexity index is 2050. The largest absolute Gasteiger partial charge is 0.256 e. The van der Waals surface area contributed by atoms with Gasteiger partial charge in [-0.05, 0) is 82.6 Å². The molecule has 4 aromatic rings. The Morgan fingerprint density at radius 3 is 1.04 bits per heavy atom. The summed E-state index contributed by atoms with van der Waals surface area (Å²) >= 11 is 0. The lowest BCUT2D eigenvalue weighted by molar-refractivity contribution is 0.351. The minimum absolute atomic E-state index is 0.153. The van der Waals surface area contributed by atoms with Crippen molar-refractivity contribution in [2.24, 2.45) is 0 Å². The average Bonchev–Trinajstić information content (AvgIpc) is 3.05. The van der Waals surface area contributed by atoms with Crippen LogP contribution >= 0.6 is 0 Å². The van der Waals surface area contributed by atoms with E-state index in [2.05, 4.69) is 0 Å². The monoisotopic (exact) mass is 760 g/mol. The molecule has 0 aliphatic heterocycles. The Hall–Kier alpha value is -3.40. The minimum atomic E-state index is -4.92. The van der Waals surface area contributed by atoms with Crippen molar-refractivity contribution in [3.05, 3.63) is 119 Å². The van der Waals surface area contributed by atoms with Crippen molar-refractivity contribution in [2.75, 3.05) is 6.54 Å². The highest BCUT2D eigenvalue weighted by molar-refractivity contribution is 8.04. The number of sulfonamides is 4. The van der Waals surface area contributed by atoms with Crippen LogP contribution in [-0.2, 0) is 40.1 Å². The van der Waals surface area contributed by atoms with Gasteiger partial charge in [0.15, 0.2) is 0 Å². The van der Waals surface area contributed by atoms with Crippen molar-refractivity contribution in [1.29, 1.82) is 0 Å². The van der Waals surface area contributed by atoms with Gasteiger partial charge in [-0.25, -0.2) is 33.7 Å². The number of rotatable bonds is 16. The SMILES string of the molecule is CCCCCCC(CN(S(=O)(=O)c1ccc(C)cc1)S(=O)(=O)c1ccc(C)cc1)N(S(=O)(=O)c1ccc(C)cc1)S(=O)(=O)c1ccc(C)cc1. The molecule has 0 spiro atoms. The van der Waals surface area contributed by atoms with Gasteiger partial charge in [-0.2, -0.15) is 0 Å². The lowest BCUT2D eigenvalue weighted by Crippen LogP contribution is -2.52. The number of benzene rings is 4. The van der Waals surface area contributed by atoms with E-state index in [0.29, 0.717) is 16.6 Å². The van der Waals surface area contributed by atoms with Gasteiger partial charge in [0.1, 0.15) is 0 Å². The first-order valence-electron chi connectivity index (χ1n) is 16.3. The summed E-state index contributed by atoms with van der Waals surface area (Å²) in [5.41, 5.74) is 2.91. The zero-order valence-electron chi connectivity index (χ0n) is 28.9. The molecule has 50 heavy (non-hydrogen) atoms. The highest BCUT2D eigenvalue weighted by atomic mass is 32.3. The molecule has 0 radical (unpaired) electrons. The maximum atomic E-state index is 14.6. The molecular formula is C36H44N2O8S4. The van der Waals surface area contributed by atoms with Crippen LogP contribution in [0.5, 0.6) is 0 Å². The van der Waals surface area contributed by atoms with Crippen LogP contribution in [0.2, 0.25) is 0 Å². The third kappa shape index (κ3) is 8.72. The van der Waals surface area contributed by atoms with Gasteiger partial charge in [-0.1, -0.05) is 111 Å². The fourth-order valence-corrected chi connectivity index (χ4v) is 13.1. The summed E-state index contributed by atoms with van der Waals surface area (Å²) in [5.74, 6) is 0. The molecule has 0 aliphatic carbocycles. The molecule has 4 rings (SSSR count). The highest BCUT2D eigenvalue weighted by Crippen LogP contribution is 2.33. The van der Waals surface area contributed by atoms with Crippen LogP contribution in [0.25, 0.3) is 0 Å². The first kappa shape index (κ1) is 39.4. The lowest BCUT2D eigenvalue weighted by atomic mass is 10.1. The zero-order chi connectivity index (χ0) is 36.9. The molecule has 0 saturated heterocycles. The first-order chi connectivity index (χ1) is 23.4. The molecule has 270 valence electrons. The van der Waals surface area contributed by atoms with Crippen molar-refractivity contribution in [3.63, 3.8) is 0 Å². The minimum Gasteiger partial charge on any atom is -0.206 e. The molecule has 0 amide bonds. The summed E-state index contributed by atoms with van der Waals surface area (Å²) in [6, 6.07) is 20.7. The van der Waals surface area contributed by atoms with Crippen LogP contribution in [0, 0.1) is 27.7 Å². The molecule has 0 N–H and O–H groups in total. The molecule has 14 heteroatoms. The molecule has 0 fully saturated rings. The molecule has 0 saturated carbocycles. The third-order valence-corrected chi connectivity index (χ3v) is 17.1. The summed E-state index contributed by atoms with van der Waals surface area (Å²) in [5, 5.41) is 0. The number of hydrogen-bond donors (Lipinski definition) is 0. The normalized spacial score (nSPS) is 13.5. The molecule has 0 aliphatic rings. The zero-order valence-corrected chi connectivity index (χ0v) is 32.1. The van der Waals surface area contributed by atoms with E-state index in [1.165, 1.54) is 97.1 Å². The van der Waals surface area contributed by atoms with Crippen LogP contribution < -0.4 is 0 Å². The van der Waals surface area contributed by atoms with Crippen molar-refractivity contribution >= 4 is 40.1 Å². The van der Waals surface area contributed by atoms with Crippen LogP contribution in [0.1, 0.15) is 61.3 Å². The van der Waals surface area contributed by atoms with E-state index in [-0.39, 0.29) is 29.7 Å². The van der Waals surface area contributed by atoms with E-state index >= 15 is 0 Å². The van der Waals surface area contributed by atoms with Crippen LogP contribution in [0.15, 0.2) is 117 Å². The smallest absolute Gasteiger partial charge is 0.206 e. The summed E-state index contributed by atoms with van der Waals surface area (Å²) in [6.45, 7) is 7.95. The van der Waals surface area contributed by atoms with E-state index in [9.17, 15) is 33.7 Å². The van der Waals surface area contributed by atoms with Crippen LogP contribution in [-0.4, -0.2) is 53.7 Å². The molecular weight excluding hydrogens is 717 g/mol. The van der Waals surface area contributed by atoms with Gasteiger partial charge >= 0.3 is 0 Å². The van der Waals surface area contributed by atoms with Crippen molar-refractivity contribution in [1.82, 2.24) is 7.42 Å². The third-order valence-electron chi connectivity index (χ3n) is 8.33. The van der Waals surface area contributed by atoms with Gasteiger partial charge < -0.3 is 0 Å². The number of aryl methyl sites for hydroxylation is 4. The second kappa shape index (κ2) is 15.9. The van der Waals surface area contributed by atoms with Crippen molar-refractivity contribution in [2.45, 2.75) is 92.3 Å². The Morgan fingerprint density at radius 1 is 0.440 bits per heavy atom. The maximum absolute atomic E-state index is 14.6. The summed E-state index contributed by atoms with van der Waals surface area (Å²) in [4.78, 5) is -1.38. The van der Waals surface area contributed by atoms with Gasteiger partial charge in [-0.15, -0.1) is 0 Å². The van der Waals surface area contributed by atoms with E-state index < -0.39 is 52.7 Å². The summed E-state index contributed by atoms with van der Waals surface area (Å²) < 4.78 is 117. The van der Waals surface area contributed by atoms with Crippen LogP contribution in [0.3, 0.4) is 0 Å². The summed E-state index contributed by atoms with van der Waals surface area (Å²) in [6.07, 6.45) is 2.28. The predicted molar refractivity (Wildman–Crippen MR) is 195 cm³/mol. The Balaban J connectivity index is 2.01. The lowest BCUT2D eigenvalue weighted by Gasteiger charge is -2.33. The molecule has 10 nitrogen and oxygen atoms in total. The van der Waals surface area contributed by atoms with E-state index in [4.69, 9.17) is 0 Å². The molecule has 0 bridgehead atoms. The Kier molecular flexibility index (Phi) is 12.5. The number of unbranched alkanes of at least 4 members (excludes halogenated alkanes) is 3. The average molecular weight is 761 g/mol. The fraction of sp³-hybridized carbons (Fsp3) is 0.333.